The quantitative estimate of drug-likeness (QED) is 0.582. The van der Waals surface area contributed by atoms with E-state index in [0.717, 1.165) is 22.3 Å². The summed E-state index contributed by atoms with van der Waals surface area (Å²) in [4.78, 5) is 2.12. The fraction of sp³-hybridized carbons (Fsp3) is 0.269. The molecule has 1 fully saturated rings. The molecule has 0 bridgehead atoms. The van der Waals surface area contributed by atoms with Crippen LogP contribution in [-0.4, -0.2) is 43.4 Å². The molecule has 164 valence electrons. The lowest BCUT2D eigenvalue weighted by Gasteiger charge is -2.36. The number of aliphatic hydroxyl groups excluding tert-OH is 1. The summed E-state index contributed by atoms with van der Waals surface area (Å²) in [7, 11) is 3.23. The van der Waals surface area contributed by atoms with Gasteiger partial charge in [-0.05, 0) is 11.1 Å². The first-order valence-corrected chi connectivity index (χ1v) is 10.5. The van der Waals surface area contributed by atoms with E-state index in [2.05, 4.69) is 11.0 Å². The van der Waals surface area contributed by atoms with E-state index in [0.29, 0.717) is 42.4 Å². The number of benzene rings is 3. The van der Waals surface area contributed by atoms with E-state index in [4.69, 9.17) is 14.2 Å². The predicted molar refractivity (Wildman–Crippen MR) is 122 cm³/mol. The number of hydrogen-bond donors (Lipinski definition) is 1. The van der Waals surface area contributed by atoms with Gasteiger partial charge in [0.15, 0.2) is 0 Å². The molecule has 0 unspecified atom stereocenters. The van der Waals surface area contributed by atoms with E-state index in [9.17, 15) is 10.4 Å². The molecule has 6 heteroatoms. The second-order valence-electron chi connectivity index (χ2n) is 7.76. The molecule has 1 aliphatic heterocycles. The van der Waals surface area contributed by atoms with Crippen LogP contribution in [0, 0.1) is 11.3 Å². The molecular formula is C26H26N2O4. The van der Waals surface area contributed by atoms with E-state index >= 15 is 0 Å². The summed E-state index contributed by atoms with van der Waals surface area (Å²) in [6.45, 7) is 2.15. The Bertz CT molecular complexity index is 1090. The Labute approximate surface area is 188 Å². The Balaban J connectivity index is 1.57. The molecule has 0 radical (unpaired) electrons. The molecule has 0 saturated carbocycles. The van der Waals surface area contributed by atoms with E-state index in [1.807, 2.05) is 60.7 Å². The first kappa shape index (κ1) is 21.7. The molecule has 3 aromatic rings. The van der Waals surface area contributed by atoms with Crippen molar-refractivity contribution < 1.29 is 19.3 Å². The van der Waals surface area contributed by atoms with Crippen molar-refractivity contribution in [3.8, 4) is 34.4 Å². The third-order valence-corrected chi connectivity index (χ3v) is 5.64. The normalized spacial score (nSPS) is 13.8. The zero-order valence-electron chi connectivity index (χ0n) is 18.2. The van der Waals surface area contributed by atoms with Crippen LogP contribution in [0.15, 0.2) is 60.7 Å². The topological polar surface area (TPSA) is 75.0 Å². The lowest BCUT2D eigenvalue weighted by atomic mass is 9.96. The van der Waals surface area contributed by atoms with Crippen LogP contribution in [-0.2, 0) is 13.2 Å². The Hall–Kier alpha value is -3.53. The minimum Gasteiger partial charge on any atom is -0.496 e. The maximum absolute atomic E-state index is 9.82. The molecular weight excluding hydrogens is 404 g/mol. The van der Waals surface area contributed by atoms with Crippen LogP contribution >= 0.6 is 0 Å². The van der Waals surface area contributed by atoms with Gasteiger partial charge in [0, 0.05) is 37.3 Å². The summed E-state index contributed by atoms with van der Waals surface area (Å²) in [6, 6.07) is 21.7. The summed E-state index contributed by atoms with van der Waals surface area (Å²) in [5.41, 5.74) is 4.21. The number of ether oxygens (including phenoxy) is 3. The van der Waals surface area contributed by atoms with Crippen LogP contribution in [0.1, 0.15) is 16.7 Å². The fourth-order valence-corrected chi connectivity index (χ4v) is 3.97. The van der Waals surface area contributed by atoms with Gasteiger partial charge in [-0.3, -0.25) is 4.90 Å². The van der Waals surface area contributed by atoms with Crippen molar-refractivity contribution in [1.29, 1.82) is 5.26 Å². The van der Waals surface area contributed by atoms with Gasteiger partial charge in [0.05, 0.1) is 31.5 Å². The molecule has 0 atom stereocenters. The largest absolute Gasteiger partial charge is 0.496 e. The molecule has 1 aliphatic rings. The fourth-order valence-electron chi connectivity index (χ4n) is 3.97. The molecule has 0 aliphatic carbocycles. The molecule has 0 spiro atoms. The number of nitriles is 1. The summed E-state index contributed by atoms with van der Waals surface area (Å²) in [5.74, 6) is 1.93. The van der Waals surface area contributed by atoms with Crippen LogP contribution in [0.25, 0.3) is 11.1 Å². The second kappa shape index (κ2) is 9.73. The highest BCUT2D eigenvalue weighted by atomic mass is 16.5. The van der Waals surface area contributed by atoms with Gasteiger partial charge < -0.3 is 19.3 Å². The zero-order valence-corrected chi connectivity index (χ0v) is 18.2. The van der Waals surface area contributed by atoms with Gasteiger partial charge in [0.25, 0.3) is 0 Å². The standard InChI is InChI=1S/C26H26N2O4/c1-30-25-11-21(12-26(31-2)24(25)16-28-14-20(29)15-28)32-17-19-9-6-10-22(23(19)13-27)18-7-4-3-5-8-18/h3-12,20,29H,14-17H2,1-2H3. The smallest absolute Gasteiger partial charge is 0.130 e. The lowest BCUT2D eigenvalue weighted by molar-refractivity contribution is -0.00360. The molecule has 1 heterocycles. The molecule has 1 saturated heterocycles. The SMILES string of the molecule is COc1cc(OCc2cccc(-c3ccccc3)c2C#N)cc(OC)c1CN1CC(O)C1. The number of nitrogens with zero attached hydrogens (tertiary/aromatic N) is 2. The number of likely N-dealkylation sites (tertiary alicyclic amines) is 1. The van der Waals surface area contributed by atoms with Crippen molar-refractivity contribution in [3.05, 3.63) is 77.4 Å². The van der Waals surface area contributed by atoms with Crippen LogP contribution in [0.2, 0.25) is 0 Å². The van der Waals surface area contributed by atoms with Gasteiger partial charge in [0.1, 0.15) is 29.9 Å². The molecule has 3 aromatic carbocycles. The maximum Gasteiger partial charge on any atom is 0.130 e. The van der Waals surface area contributed by atoms with Gasteiger partial charge in [-0.2, -0.15) is 5.26 Å². The van der Waals surface area contributed by atoms with Gasteiger partial charge in [-0.25, -0.2) is 0 Å². The third kappa shape index (κ3) is 4.54. The molecule has 0 amide bonds. The van der Waals surface area contributed by atoms with Crippen molar-refractivity contribution in [2.24, 2.45) is 0 Å². The van der Waals surface area contributed by atoms with E-state index < -0.39 is 0 Å². The first-order valence-electron chi connectivity index (χ1n) is 10.5. The molecule has 0 aromatic heterocycles. The van der Waals surface area contributed by atoms with Crippen LogP contribution < -0.4 is 14.2 Å². The van der Waals surface area contributed by atoms with E-state index in [-0.39, 0.29) is 12.7 Å². The Morgan fingerprint density at radius 3 is 2.28 bits per heavy atom. The third-order valence-electron chi connectivity index (χ3n) is 5.64. The van der Waals surface area contributed by atoms with Crippen molar-refractivity contribution in [2.75, 3.05) is 27.3 Å². The lowest BCUT2D eigenvalue weighted by Crippen LogP contribution is -2.49. The highest BCUT2D eigenvalue weighted by molar-refractivity contribution is 5.72. The number of methoxy groups -OCH3 is 2. The zero-order chi connectivity index (χ0) is 22.5. The van der Waals surface area contributed by atoms with Crippen LogP contribution in [0.5, 0.6) is 17.2 Å². The average Bonchev–Trinajstić information content (AvgIpc) is 2.82. The molecule has 32 heavy (non-hydrogen) atoms. The van der Waals surface area contributed by atoms with Gasteiger partial charge in [0.2, 0.25) is 0 Å². The van der Waals surface area contributed by atoms with Crippen LogP contribution in [0.4, 0.5) is 0 Å². The first-order chi connectivity index (χ1) is 15.6. The summed E-state index contributed by atoms with van der Waals surface area (Å²) in [5, 5.41) is 19.4. The van der Waals surface area contributed by atoms with Crippen molar-refractivity contribution in [2.45, 2.75) is 19.3 Å². The monoisotopic (exact) mass is 430 g/mol. The maximum atomic E-state index is 9.82. The summed E-state index contributed by atoms with van der Waals surface area (Å²) in [6.07, 6.45) is -0.268. The average molecular weight is 431 g/mol. The number of aliphatic hydroxyl groups is 1. The highest BCUT2D eigenvalue weighted by Gasteiger charge is 2.27. The predicted octanol–water partition coefficient (Wildman–Crippen LogP) is 4.00. The van der Waals surface area contributed by atoms with Gasteiger partial charge >= 0.3 is 0 Å². The number of rotatable bonds is 8. The van der Waals surface area contributed by atoms with Crippen molar-refractivity contribution in [3.63, 3.8) is 0 Å². The number of hydrogen-bond acceptors (Lipinski definition) is 6. The van der Waals surface area contributed by atoms with Crippen molar-refractivity contribution >= 4 is 0 Å². The minimum absolute atomic E-state index is 0.244. The Morgan fingerprint density at radius 2 is 1.69 bits per heavy atom. The highest BCUT2D eigenvalue weighted by Crippen LogP contribution is 2.36. The minimum atomic E-state index is -0.268. The summed E-state index contributed by atoms with van der Waals surface area (Å²) < 4.78 is 17.3. The van der Waals surface area contributed by atoms with Gasteiger partial charge in [-0.1, -0.05) is 48.5 Å². The second-order valence-corrected chi connectivity index (χ2v) is 7.76. The molecule has 1 N–H and O–H groups in total. The van der Waals surface area contributed by atoms with Crippen molar-refractivity contribution in [1.82, 2.24) is 4.90 Å². The number of β-amino-alcohol motifs (C(OH)–C–C–N with tert-alkyl or cyclic N) is 1. The Morgan fingerprint density at radius 1 is 1.00 bits per heavy atom. The molecule has 6 nitrogen and oxygen atoms in total. The molecule has 4 rings (SSSR count). The Kier molecular flexibility index (Phi) is 6.60. The van der Waals surface area contributed by atoms with E-state index in [1.165, 1.54) is 0 Å². The van der Waals surface area contributed by atoms with Crippen LogP contribution in [0.3, 0.4) is 0 Å². The summed E-state index contributed by atoms with van der Waals surface area (Å²) >= 11 is 0. The van der Waals surface area contributed by atoms with Gasteiger partial charge in [-0.15, -0.1) is 0 Å². The van der Waals surface area contributed by atoms with E-state index in [1.54, 1.807) is 14.2 Å².